The number of hydrogen-bond acceptors (Lipinski definition) is 3. The van der Waals surface area contributed by atoms with Gasteiger partial charge in [0.2, 0.25) is 11.8 Å². The summed E-state index contributed by atoms with van der Waals surface area (Å²) in [5.74, 6) is 0.331. The number of likely N-dealkylation sites (tertiary alicyclic amines) is 1. The van der Waals surface area contributed by atoms with Gasteiger partial charge in [-0.15, -0.1) is 12.4 Å². The van der Waals surface area contributed by atoms with Crippen molar-refractivity contribution >= 4 is 24.2 Å². The number of piperidine rings is 1. The van der Waals surface area contributed by atoms with Crippen LogP contribution in [-0.2, 0) is 9.59 Å². The van der Waals surface area contributed by atoms with Crippen LogP contribution < -0.4 is 10.6 Å². The summed E-state index contributed by atoms with van der Waals surface area (Å²) in [5, 5.41) is 6.48. The second-order valence-corrected chi connectivity index (χ2v) is 7.12. The first-order valence-corrected chi connectivity index (χ1v) is 8.91. The van der Waals surface area contributed by atoms with Gasteiger partial charge >= 0.3 is 0 Å². The van der Waals surface area contributed by atoms with Crippen molar-refractivity contribution in [2.24, 2.45) is 11.8 Å². The average Bonchev–Trinajstić information content (AvgIpc) is 2.99. The summed E-state index contributed by atoms with van der Waals surface area (Å²) in [7, 11) is 0. The molecule has 0 saturated carbocycles. The minimum Gasteiger partial charge on any atom is -0.352 e. The van der Waals surface area contributed by atoms with Gasteiger partial charge in [-0.25, -0.2) is 0 Å². The van der Waals surface area contributed by atoms with Gasteiger partial charge in [-0.2, -0.15) is 0 Å². The average molecular weight is 366 g/mol. The summed E-state index contributed by atoms with van der Waals surface area (Å²) in [6, 6.07) is 10.2. The highest BCUT2D eigenvalue weighted by Gasteiger charge is 2.38. The Hall–Kier alpha value is -1.59. The van der Waals surface area contributed by atoms with Crippen LogP contribution in [0, 0.1) is 11.8 Å². The van der Waals surface area contributed by atoms with E-state index in [4.69, 9.17) is 0 Å². The monoisotopic (exact) mass is 365 g/mol. The Morgan fingerprint density at radius 2 is 2.04 bits per heavy atom. The van der Waals surface area contributed by atoms with Crippen molar-refractivity contribution < 1.29 is 9.59 Å². The molecular formula is C19H28ClN3O2. The summed E-state index contributed by atoms with van der Waals surface area (Å²) >= 11 is 0. The van der Waals surface area contributed by atoms with E-state index in [9.17, 15) is 9.59 Å². The first-order valence-electron chi connectivity index (χ1n) is 8.91. The number of hydrogen-bond donors (Lipinski definition) is 2. The van der Waals surface area contributed by atoms with Gasteiger partial charge in [0.05, 0.1) is 12.0 Å². The largest absolute Gasteiger partial charge is 0.352 e. The smallest absolute Gasteiger partial charge is 0.225 e. The van der Waals surface area contributed by atoms with Gasteiger partial charge in [0.15, 0.2) is 0 Å². The Balaban J connectivity index is 0.00000225. The van der Waals surface area contributed by atoms with Crippen LogP contribution in [0.5, 0.6) is 0 Å². The minimum absolute atomic E-state index is 0. The zero-order valence-corrected chi connectivity index (χ0v) is 15.7. The summed E-state index contributed by atoms with van der Waals surface area (Å²) in [6.45, 7) is 6.54. The first kappa shape index (κ1) is 19.7. The van der Waals surface area contributed by atoms with Crippen LogP contribution in [0.4, 0.5) is 0 Å². The third-order valence-electron chi connectivity index (χ3n) is 5.43. The molecule has 0 spiro atoms. The minimum atomic E-state index is -0.238. The van der Waals surface area contributed by atoms with Crippen molar-refractivity contribution in [1.82, 2.24) is 15.5 Å². The lowest BCUT2D eigenvalue weighted by atomic mass is 9.94. The number of amides is 2. The van der Waals surface area contributed by atoms with E-state index in [0.717, 1.165) is 25.1 Å². The molecule has 2 amide bonds. The maximum atomic E-state index is 12.6. The van der Waals surface area contributed by atoms with E-state index in [1.165, 1.54) is 0 Å². The van der Waals surface area contributed by atoms with E-state index in [2.05, 4.69) is 17.6 Å². The van der Waals surface area contributed by atoms with Crippen molar-refractivity contribution in [3.63, 3.8) is 0 Å². The lowest BCUT2D eigenvalue weighted by Gasteiger charge is -2.31. The Morgan fingerprint density at radius 1 is 1.32 bits per heavy atom. The van der Waals surface area contributed by atoms with Crippen LogP contribution >= 0.6 is 12.4 Å². The van der Waals surface area contributed by atoms with E-state index in [-0.39, 0.29) is 42.2 Å². The summed E-state index contributed by atoms with van der Waals surface area (Å²) in [5.41, 5.74) is 1.11. The topological polar surface area (TPSA) is 61.4 Å². The molecule has 6 heteroatoms. The highest BCUT2D eigenvalue weighted by Crippen LogP contribution is 2.28. The van der Waals surface area contributed by atoms with Crippen molar-refractivity contribution in [2.45, 2.75) is 38.8 Å². The Morgan fingerprint density at radius 3 is 2.72 bits per heavy atom. The van der Waals surface area contributed by atoms with Gasteiger partial charge in [0, 0.05) is 25.6 Å². The van der Waals surface area contributed by atoms with Crippen molar-refractivity contribution in [2.75, 3.05) is 19.6 Å². The molecule has 2 saturated heterocycles. The van der Waals surface area contributed by atoms with Crippen molar-refractivity contribution in [3.8, 4) is 0 Å². The fourth-order valence-electron chi connectivity index (χ4n) is 3.68. The standard InChI is InChI=1S/C19H27N3O2.ClH/c1-13-8-9-20-11-17(13)21-19(24)16-10-18(23)22(12-16)14(2)15-6-4-3-5-7-15;/h3-7,13-14,16-17,20H,8-12H2,1-2H3,(H,21,24);1H. The molecule has 25 heavy (non-hydrogen) atoms. The summed E-state index contributed by atoms with van der Waals surface area (Å²) in [4.78, 5) is 26.8. The number of benzene rings is 1. The second kappa shape index (κ2) is 8.68. The van der Waals surface area contributed by atoms with Crippen LogP contribution in [0.3, 0.4) is 0 Å². The van der Waals surface area contributed by atoms with Gasteiger partial charge in [-0.3, -0.25) is 9.59 Å². The number of nitrogens with one attached hydrogen (secondary N) is 2. The first-order chi connectivity index (χ1) is 11.6. The summed E-state index contributed by atoms with van der Waals surface area (Å²) < 4.78 is 0. The molecule has 138 valence electrons. The van der Waals surface area contributed by atoms with Crippen molar-refractivity contribution in [1.29, 1.82) is 0 Å². The Bertz CT molecular complexity index is 596. The lowest BCUT2D eigenvalue weighted by Crippen LogP contribution is -2.51. The lowest BCUT2D eigenvalue weighted by molar-refractivity contribution is -0.130. The molecule has 2 aliphatic heterocycles. The summed E-state index contributed by atoms with van der Waals surface area (Å²) in [6.07, 6.45) is 1.39. The Labute approximate surface area is 155 Å². The zero-order valence-electron chi connectivity index (χ0n) is 14.9. The predicted molar refractivity (Wildman–Crippen MR) is 101 cm³/mol. The maximum Gasteiger partial charge on any atom is 0.225 e. The van der Waals surface area contributed by atoms with E-state index >= 15 is 0 Å². The molecular weight excluding hydrogens is 338 g/mol. The third kappa shape index (κ3) is 4.53. The predicted octanol–water partition coefficient (Wildman–Crippen LogP) is 2.13. The van der Waals surface area contributed by atoms with E-state index in [1.54, 1.807) is 0 Å². The second-order valence-electron chi connectivity index (χ2n) is 7.12. The number of rotatable bonds is 4. The van der Waals surface area contributed by atoms with E-state index in [0.29, 0.717) is 18.9 Å². The van der Waals surface area contributed by atoms with Gasteiger partial charge < -0.3 is 15.5 Å². The molecule has 0 bridgehead atoms. The molecule has 2 aliphatic rings. The van der Waals surface area contributed by atoms with Crippen LogP contribution in [0.15, 0.2) is 30.3 Å². The van der Waals surface area contributed by atoms with Crippen LogP contribution in [0.2, 0.25) is 0 Å². The number of carbonyl (C=O) groups excluding carboxylic acids is 2. The maximum absolute atomic E-state index is 12.6. The molecule has 2 heterocycles. The van der Waals surface area contributed by atoms with Crippen LogP contribution in [-0.4, -0.2) is 42.4 Å². The molecule has 2 fully saturated rings. The Kier molecular flexibility index (Phi) is 6.85. The van der Waals surface area contributed by atoms with Gasteiger partial charge in [0.25, 0.3) is 0 Å². The highest BCUT2D eigenvalue weighted by molar-refractivity contribution is 5.89. The SMILES string of the molecule is CC1CCNCC1NC(=O)C1CC(=O)N(C(C)c2ccccc2)C1.Cl. The fraction of sp³-hybridized carbons (Fsp3) is 0.579. The molecule has 4 unspecified atom stereocenters. The molecule has 3 rings (SSSR count). The fourth-order valence-corrected chi connectivity index (χ4v) is 3.68. The number of halogens is 1. The normalized spacial score (nSPS) is 27.5. The van der Waals surface area contributed by atoms with Crippen LogP contribution in [0.1, 0.15) is 38.3 Å². The molecule has 2 N–H and O–H groups in total. The van der Waals surface area contributed by atoms with E-state index < -0.39 is 0 Å². The molecule has 1 aromatic rings. The number of nitrogens with zero attached hydrogens (tertiary/aromatic N) is 1. The highest BCUT2D eigenvalue weighted by atomic mass is 35.5. The van der Waals surface area contributed by atoms with Gasteiger partial charge in [-0.05, 0) is 31.4 Å². The molecule has 0 aliphatic carbocycles. The van der Waals surface area contributed by atoms with Crippen molar-refractivity contribution in [3.05, 3.63) is 35.9 Å². The zero-order chi connectivity index (χ0) is 17.1. The van der Waals surface area contributed by atoms with E-state index in [1.807, 2.05) is 42.2 Å². The molecule has 0 aromatic heterocycles. The number of carbonyl (C=O) groups is 2. The van der Waals surface area contributed by atoms with Crippen LogP contribution in [0.25, 0.3) is 0 Å². The van der Waals surface area contributed by atoms with Gasteiger partial charge in [0.1, 0.15) is 0 Å². The van der Waals surface area contributed by atoms with Gasteiger partial charge in [-0.1, -0.05) is 37.3 Å². The quantitative estimate of drug-likeness (QED) is 0.859. The third-order valence-corrected chi connectivity index (χ3v) is 5.43. The molecule has 0 radical (unpaired) electrons. The molecule has 4 atom stereocenters. The molecule has 1 aromatic carbocycles. The molecule has 5 nitrogen and oxygen atoms in total.